The Labute approximate surface area is 351 Å². The van der Waals surface area contributed by atoms with Crippen LogP contribution in [0.2, 0.25) is 5.02 Å². The number of nitrogens with zero attached hydrogens (tertiary/aromatic N) is 7. The molecule has 9 rings (SSSR count). The first-order valence-corrected chi connectivity index (χ1v) is 20.9. The van der Waals surface area contributed by atoms with Gasteiger partial charge in [-0.15, -0.1) is 0 Å². The molecule has 2 atom stereocenters. The molecule has 2 aliphatic carbocycles. The molecule has 62 heavy (non-hydrogen) atoms. The summed E-state index contributed by atoms with van der Waals surface area (Å²) in [5.41, 5.74) is -1.31. The molecule has 0 bridgehead atoms. The van der Waals surface area contributed by atoms with Crippen LogP contribution in [0.3, 0.4) is 0 Å². The van der Waals surface area contributed by atoms with Crippen LogP contribution in [0.25, 0.3) is 38.8 Å². The standard InChI is InChI=1S/C41H30ClF6N9O4S/c1-18-5-4-6-27(49-18)20-7-8-23-28(14-20)51-39(57(40(23)59)30-10-9-26(42)33-35(30)55(2)53-38(33)54-62(3,60)61)29(13-19-11-21(43)15-22(44)12-19)50-31(58)17-56-36-32(34(52-56)37(45)46)24-16-25(24)41(36,47)48/h4-12,14-16,24,29,37H,13,17H2,1-3H3,(H,50,58)(H,53,54)/t24?,29-/m0/s1. The number of pyridine rings is 1. The highest BCUT2D eigenvalue weighted by Gasteiger charge is 2.60. The van der Waals surface area contributed by atoms with Gasteiger partial charge in [-0.25, -0.2) is 31.0 Å². The first kappa shape index (κ1) is 40.8. The maximum atomic E-state index is 15.5. The summed E-state index contributed by atoms with van der Waals surface area (Å²) in [6.07, 6.45) is -1.65. The lowest BCUT2D eigenvalue weighted by Crippen LogP contribution is -2.38. The normalized spacial score (nSPS) is 15.8. The number of rotatable bonds is 11. The summed E-state index contributed by atoms with van der Waals surface area (Å²) in [6, 6.07) is 13.9. The van der Waals surface area contributed by atoms with E-state index >= 15 is 8.78 Å². The van der Waals surface area contributed by atoms with E-state index in [1.807, 2.05) is 0 Å². The van der Waals surface area contributed by atoms with E-state index in [1.54, 1.807) is 37.3 Å². The van der Waals surface area contributed by atoms with Crippen molar-refractivity contribution in [3.63, 3.8) is 0 Å². The van der Waals surface area contributed by atoms with Crippen LogP contribution in [-0.2, 0) is 40.8 Å². The topological polar surface area (TPSA) is 159 Å². The van der Waals surface area contributed by atoms with Crippen molar-refractivity contribution in [3.05, 3.63) is 139 Å². The van der Waals surface area contributed by atoms with Gasteiger partial charge in [-0.05, 0) is 61.0 Å². The van der Waals surface area contributed by atoms with Crippen molar-refractivity contribution in [2.24, 2.45) is 7.05 Å². The number of hydrogen-bond donors (Lipinski definition) is 2. The van der Waals surface area contributed by atoms with Crippen molar-refractivity contribution in [3.8, 4) is 16.9 Å². The van der Waals surface area contributed by atoms with Crippen molar-refractivity contribution in [1.82, 2.24) is 39.4 Å². The lowest BCUT2D eigenvalue weighted by molar-refractivity contribution is -0.122. The van der Waals surface area contributed by atoms with E-state index < -0.39 is 81.8 Å². The van der Waals surface area contributed by atoms with Gasteiger partial charge < -0.3 is 5.32 Å². The second-order valence-electron chi connectivity index (χ2n) is 15.0. The molecule has 2 N–H and O–H groups in total. The largest absolute Gasteiger partial charge is 0.344 e. The molecule has 1 amide bonds. The number of alkyl halides is 4. The van der Waals surface area contributed by atoms with Gasteiger partial charge >= 0.3 is 5.92 Å². The Morgan fingerprint density at radius 2 is 1.74 bits per heavy atom. The van der Waals surface area contributed by atoms with Crippen molar-refractivity contribution in [1.29, 1.82) is 0 Å². The summed E-state index contributed by atoms with van der Waals surface area (Å²) in [6.45, 7) is 0.782. The molecule has 0 saturated carbocycles. The zero-order chi connectivity index (χ0) is 44.2. The number of anilines is 1. The van der Waals surface area contributed by atoms with Gasteiger partial charge in [-0.1, -0.05) is 29.8 Å². The number of amides is 1. The van der Waals surface area contributed by atoms with Gasteiger partial charge in [-0.2, -0.15) is 19.0 Å². The Hall–Kier alpha value is -6.54. The number of nitrogens with one attached hydrogen (secondary N) is 2. The van der Waals surface area contributed by atoms with Gasteiger partial charge in [0.1, 0.15) is 35.4 Å². The van der Waals surface area contributed by atoms with Gasteiger partial charge in [0.25, 0.3) is 12.0 Å². The second-order valence-corrected chi connectivity index (χ2v) is 17.2. The van der Waals surface area contributed by atoms with Crippen molar-refractivity contribution >= 4 is 55.2 Å². The van der Waals surface area contributed by atoms with Crippen LogP contribution in [0.1, 0.15) is 52.4 Å². The van der Waals surface area contributed by atoms with Crippen molar-refractivity contribution in [2.45, 2.75) is 44.2 Å². The van der Waals surface area contributed by atoms with Gasteiger partial charge in [0.15, 0.2) is 5.82 Å². The van der Waals surface area contributed by atoms with Crippen LogP contribution in [0.5, 0.6) is 0 Å². The van der Waals surface area contributed by atoms with E-state index in [-0.39, 0.29) is 60.9 Å². The molecule has 0 saturated heterocycles. The maximum Gasteiger partial charge on any atom is 0.311 e. The van der Waals surface area contributed by atoms with Crippen LogP contribution < -0.4 is 15.6 Å². The fourth-order valence-corrected chi connectivity index (χ4v) is 8.82. The van der Waals surface area contributed by atoms with Crippen molar-refractivity contribution in [2.75, 3.05) is 11.0 Å². The highest BCUT2D eigenvalue weighted by Crippen LogP contribution is 2.63. The Kier molecular flexibility index (Phi) is 9.58. The molecule has 2 aliphatic rings. The second kappa shape index (κ2) is 14.5. The van der Waals surface area contributed by atoms with Crippen molar-refractivity contribution < 1.29 is 39.6 Å². The highest BCUT2D eigenvalue weighted by molar-refractivity contribution is 7.92. The summed E-state index contributed by atoms with van der Waals surface area (Å²) in [7, 11) is -2.46. The molecular weight excluding hydrogens is 864 g/mol. The fourth-order valence-electron chi connectivity index (χ4n) is 8.08. The number of allylic oxidation sites excluding steroid dienone is 2. The third kappa shape index (κ3) is 7.05. The molecule has 0 aliphatic heterocycles. The summed E-state index contributed by atoms with van der Waals surface area (Å²) in [5.74, 6) is -8.19. The number of carbonyl (C=O) groups is 1. The molecule has 0 fully saturated rings. The lowest BCUT2D eigenvalue weighted by Gasteiger charge is -2.24. The average molecular weight is 894 g/mol. The van der Waals surface area contributed by atoms with Gasteiger partial charge in [0, 0.05) is 47.8 Å². The number of aromatic nitrogens is 7. The summed E-state index contributed by atoms with van der Waals surface area (Å²) in [5, 5.41) is 10.8. The van der Waals surface area contributed by atoms with Gasteiger partial charge in [-0.3, -0.25) is 33.2 Å². The third-order valence-corrected chi connectivity index (χ3v) is 11.5. The predicted octanol–water partition coefficient (Wildman–Crippen LogP) is 7.31. The van der Waals surface area contributed by atoms with Crippen LogP contribution >= 0.6 is 11.6 Å². The molecule has 318 valence electrons. The predicted molar refractivity (Wildman–Crippen MR) is 216 cm³/mol. The summed E-state index contributed by atoms with van der Waals surface area (Å²) >= 11 is 6.63. The molecule has 7 aromatic rings. The van der Waals surface area contributed by atoms with E-state index in [0.29, 0.717) is 27.7 Å². The number of benzene rings is 3. The van der Waals surface area contributed by atoms with E-state index in [0.717, 1.165) is 29.0 Å². The van der Waals surface area contributed by atoms with E-state index in [1.165, 1.54) is 29.9 Å². The van der Waals surface area contributed by atoms with Crippen LogP contribution in [0.15, 0.2) is 83.2 Å². The molecule has 0 radical (unpaired) electrons. The van der Waals surface area contributed by atoms with Crippen LogP contribution in [-0.4, -0.2) is 54.7 Å². The molecular formula is C41H30ClF6N9O4S. The van der Waals surface area contributed by atoms with E-state index in [4.69, 9.17) is 16.6 Å². The first-order chi connectivity index (χ1) is 29.3. The summed E-state index contributed by atoms with van der Waals surface area (Å²) < 4.78 is 119. The molecule has 3 aromatic carbocycles. The van der Waals surface area contributed by atoms with E-state index in [9.17, 15) is 35.6 Å². The van der Waals surface area contributed by atoms with Gasteiger partial charge in [0.05, 0.1) is 50.5 Å². The molecule has 4 heterocycles. The maximum absolute atomic E-state index is 15.5. The quantitative estimate of drug-likeness (QED) is 0.101. The molecule has 13 nitrogen and oxygen atoms in total. The Morgan fingerprint density at radius 1 is 1.00 bits per heavy atom. The summed E-state index contributed by atoms with van der Waals surface area (Å²) in [4.78, 5) is 38.6. The molecule has 4 aromatic heterocycles. The number of carbonyl (C=O) groups excluding carboxylic acids is 1. The minimum Gasteiger partial charge on any atom is -0.344 e. The average Bonchev–Trinajstić information content (AvgIpc) is 3.72. The Balaban J connectivity index is 1.26. The monoisotopic (exact) mass is 893 g/mol. The minimum absolute atomic E-state index is 0.0167. The zero-order valence-electron chi connectivity index (χ0n) is 32.4. The fraction of sp³-hybridized carbons (Fsp3) is 0.220. The van der Waals surface area contributed by atoms with Gasteiger partial charge in [0.2, 0.25) is 15.9 Å². The van der Waals surface area contributed by atoms with Crippen LogP contribution in [0, 0.1) is 18.6 Å². The Bertz CT molecular complexity index is 3260. The lowest BCUT2D eigenvalue weighted by atomic mass is 10.0. The Morgan fingerprint density at radius 3 is 2.44 bits per heavy atom. The minimum atomic E-state index is -3.91. The number of aryl methyl sites for hydroxylation is 2. The molecule has 0 spiro atoms. The SMILES string of the molecule is Cc1cccc(-c2ccc3c(=O)n(-c4ccc(Cl)c5c(NS(C)(=O)=O)nn(C)c45)c([C@H](Cc4cc(F)cc(F)c4)NC(=O)Cn4nc(C(F)F)c5c4C(F)(F)C4=CC45)nc3c2)n1. The smallest absolute Gasteiger partial charge is 0.311 e. The number of sulfonamides is 1. The highest BCUT2D eigenvalue weighted by atomic mass is 35.5. The number of fused-ring (bicyclic) bond motifs is 5. The third-order valence-electron chi connectivity index (χ3n) is 10.6. The molecule has 21 heteroatoms. The number of hydrogen-bond acceptors (Lipinski definition) is 8. The zero-order valence-corrected chi connectivity index (χ0v) is 34.0. The van der Waals surface area contributed by atoms with E-state index in [2.05, 4.69) is 25.2 Å². The molecule has 1 unspecified atom stereocenters. The van der Waals surface area contributed by atoms with Crippen LogP contribution in [0.4, 0.5) is 32.2 Å². The first-order valence-electron chi connectivity index (χ1n) is 18.7. The number of halogens is 7.